The Morgan fingerprint density at radius 2 is 2.44 bits per heavy atom. The summed E-state index contributed by atoms with van der Waals surface area (Å²) < 4.78 is 1.81. The molecule has 1 heterocycles. The van der Waals surface area contributed by atoms with Crippen LogP contribution in [0.25, 0.3) is 0 Å². The maximum absolute atomic E-state index is 10.8. The van der Waals surface area contributed by atoms with Gasteiger partial charge in [0.15, 0.2) is 4.60 Å². The van der Waals surface area contributed by atoms with Gasteiger partial charge in [-0.25, -0.2) is 4.98 Å². The van der Waals surface area contributed by atoms with Gasteiger partial charge in [-0.3, -0.25) is 4.79 Å². The summed E-state index contributed by atoms with van der Waals surface area (Å²) in [5.41, 5.74) is -0.113. The van der Waals surface area contributed by atoms with E-state index in [1.165, 1.54) is 4.57 Å². The van der Waals surface area contributed by atoms with E-state index in [2.05, 4.69) is 20.9 Å². The van der Waals surface area contributed by atoms with Gasteiger partial charge in [0.1, 0.15) is 0 Å². The molecule has 0 aliphatic carbocycles. The van der Waals surface area contributed by atoms with Gasteiger partial charge >= 0.3 is 0 Å². The molecule has 1 aromatic rings. The Bertz CT molecular complexity index is 245. The Balaban J connectivity index is 3.43. The van der Waals surface area contributed by atoms with Crippen molar-refractivity contribution in [2.24, 2.45) is 7.05 Å². The van der Waals surface area contributed by atoms with Crippen LogP contribution in [0.4, 0.5) is 0 Å². The summed E-state index contributed by atoms with van der Waals surface area (Å²) >= 11 is 3.00. The Morgan fingerprint density at radius 3 is 2.89 bits per heavy atom. The fourth-order valence-electron chi connectivity index (χ4n) is 0.467. The topological polar surface area (TPSA) is 34.9 Å². The van der Waals surface area contributed by atoms with Gasteiger partial charge in [-0.1, -0.05) is 0 Å². The molecule has 0 aliphatic rings. The number of nitrogens with zero attached hydrogens (tertiary/aromatic N) is 2. The quantitative estimate of drug-likeness (QED) is 0.597. The predicted molar refractivity (Wildman–Crippen MR) is 37.2 cm³/mol. The lowest BCUT2D eigenvalue weighted by Gasteiger charge is -1.92. The third-order valence-electron chi connectivity index (χ3n) is 0.975. The largest absolute Gasteiger partial charge is 0.315 e. The number of aromatic nitrogens is 2. The first-order valence-corrected chi connectivity index (χ1v) is 3.18. The van der Waals surface area contributed by atoms with Crippen molar-refractivity contribution in [1.29, 1.82) is 0 Å². The van der Waals surface area contributed by atoms with Crippen LogP contribution in [0.2, 0.25) is 0 Å². The molecule has 0 radical (unpaired) electrons. The minimum Gasteiger partial charge on any atom is -0.315 e. The number of halogens is 1. The third-order valence-corrected chi connectivity index (χ3v) is 1.52. The first-order valence-electron chi connectivity index (χ1n) is 2.39. The Labute approximate surface area is 60.5 Å². The van der Waals surface area contributed by atoms with E-state index < -0.39 is 0 Å². The van der Waals surface area contributed by atoms with E-state index in [-0.39, 0.29) is 5.56 Å². The minimum atomic E-state index is -0.113. The number of aryl methyl sites for hydroxylation is 1. The average Bonchev–Trinajstić information content (AvgIpc) is 1.83. The van der Waals surface area contributed by atoms with Crippen molar-refractivity contribution in [2.75, 3.05) is 0 Å². The molecule has 0 saturated heterocycles. The van der Waals surface area contributed by atoms with Gasteiger partial charge in [-0.15, -0.1) is 0 Å². The van der Waals surface area contributed by atoms with Crippen LogP contribution in [0.5, 0.6) is 0 Å². The molecule has 0 saturated carbocycles. The molecule has 3 nitrogen and oxygen atoms in total. The van der Waals surface area contributed by atoms with Crippen LogP contribution in [0.3, 0.4) is 0 Å². The van der Waals surface area contributed by atoms with Gasteiger partial charge in [0.05, 0.1) is 0 Å². The predicted octanol–water partition coefficient (Wildman–Crippen LogP) is 0.543. The molecule has 1 rings (SSSR count). The van der Waals surface area contributed by atoms with Crippen LogP contribution in [0, 0.1) is 0 Å². The molecule has 0 fully saturated rings. The standard InChI is InChI=1S/C5H5BrN2O/c1-8-3-2-7-4(6)5(8)9/h2-3H,1H3. The van der Waals surface area contributed by atoms with Crippen molar-refractivity contribution in [2.45, 2.75) is 0 Å². The van der Waals surface area contributed by atoms with E-state index >= 15 is 0 Å². The van der Waals surface area contributed by atoms with Gasteiger partial charge in [-0.05, 0) is 15.9 Å². The average molecular weight is 189 g/mol. The van der Waals surface area contributed by atoms with Crippen molar-refractivity contribution in [1.82, 2.24) is 9.55 Å². The van der Waals surface area contributed by atoms with E-state index in [0.717, 1.165) is 0 Å². The number of hydrogen-bond acceptors (Lipinski definition) is 2. The lowest BCUT2D eigenvalue weighted by Crippen LogP contribution is -2.16. The molecule has 0 amide bonds. The molecule has 0 spiro atoms. The van der Waals surface area contributed by atoms with Crippen molar-refractivity contribution in [3.63, 3.8) is 0 Å². The van der Waals surface area contributed by atoms with E-state index in [1.807, 2.05) is 0 Å². The summed E-state index contributed by atoms with van der Waals surface area (Å²) in [5.74, 6) is 0. The maximum Gasteiger partial charge on any atom is 0.283 e. The maximum atomic E-state index is 10.8. The number of hydrogen-bond donors (Lipinski definition) is 0. The van der Waals surface area contributed by atoms with Gasteiger partial charge in [0.2, 0.25) is 0 Å². The highest BCUT2D eigenvalue weighted by molar-refractivity contribution is 9.10. The molecule has 1 aromatic heterocycles. The minimum absolute atomic E-state index is 0.113. The second-order valence-corrected chi connectivity index (χ2v) is 2.39. The highest BCUT2D eigenvalue weighted by atomic mass is 79.9. The molecule has 0 atom stereocenters. The van der Waals surface area contributed by atoms with Crippen LogP contribution in [-0.4, -0.2) is 9.55 Å². The van der Waals surface area contributed by atoms with Crippen molar-refractivity contribution in [3.05, 3.63) is 27.4 Å². The zero-order valence-corrected chi connectivity index (χ0v) is 6.42. The molecule has 0 N–H and O–H groups in total. The number of rotatable bonds is 0. The first-order chi connectivity index (χ1) is 4.22. The zero-order chi connectivity index (χ0) is 6.85. The van der Waals surface area contributed by atoms with Crippen LogP contribution in [0.15, 0.2) is 21.8 Å². The molecule has 48 valence electrons. The third kappa shape index (κ3) is 1.18. The SMILES string of the molecule is Cn1ccnc(Br)c1=O. The van der Waals surface area contributed by atoms with Crippen molar-refractivity contribution >= 4 is 15.9 Å². The van der Waals surface area contributed by atoms with E-state index in [9.17, 15) is 4.79 Å². The van der Waals surface area contributed by atoms with Crippen molar-refractivity contribution in [3.8, 4) is 0 Å². The van der Waals surface area contributed by atoms with Gasteiger partial charge in [0.25, 0.3) is 5.56 Å². The monoisotopic (exact) mass is 188 g/mol. The first kappa shape index (κ1) is 6.48. The van der Waals surface area contributed by atoms with E-state index in [1.54, 1.807) is 19.4 Å². The summed E-state index contributed by atoms with van der Waals surface area (Å²) in [5, 5.41) is 0. The highest BCUT2D eigenvalue weighted by Gasteiger charge is 1.93. The Hall–Kier alpha value is -0.640. The molecule has 4 heteroatoms. The summed E-state index contributed by atoms with van der Waals surface area (Å²) in [6.45, 7) is 0. The fourth-order valence-corrected chi connectivity index (χ4v) is 0.865. The van der Waals surface area contributed by atoms with Gasteiger partial charge < -0.3 is 4.57 Å². The second-order valence-electron chi connectivity index (χ2n) is 1.63. The molecular weight excluding hydrogens is 184 g/mol. The van der Waals surface area contributed by atoms with E-state index in [0.29, 0.717) is 4.60 Å². The van der Waals surface area contributed by atoms with Gasteiger partial charge in [0, 0.05) is 19.4 Å². The molecule has 0 unspecified atom stereocenters. The second kappa shape index (κ2) is 2.31. The lowest BCUT2D eigenvalue weighted by atomic mass is 10.7. The summed E-state index contributed by atoms with van der Waals surface area (Å²) in [4.78, 5) is 14.5. The molecule has 0 aliphatic heterocycles. The lowest BCUT2D eigenvalue weighted by molar-refractivity contribution is 0.830. The summed E-state index contributed by atoms with van der Waals surface area (Å²) in [7, 11) is 1.68. The summed E-state index contributed by atoms with van der Waals surface area (Å²) in [6.07, 6.45) is 3.17. The Kier molecular flexibility index (Phi) is 1.66. The van der Waals surface area contributed by atoms with Gasteiger partial charge in [-0.2, -0.15) is 0 Å². The zero-order valence-electron chi connectivity index (χ0n) is 4.84. The van der Waals surface area contributed by atoms with Crippen LogP contribution in [-0.2, 0) is 7.05 Å². The normalized spacial score (nSPS) is 9.56. The molecule has 0 aromatic carbocycles. The highest BCUT2D eigenvalue weighted by Crippen LogP contribution is 1.93. The van der Waals surface area contributed by atoms with Crippen molar-refractivity contribution < 1.29 is 0 Å². The summed E-state index contributed by atoms with van der Waals surface area (Å²) in [6, 6.07) is 0. The molecule has 9 heavy (non-hydrogen) atoms. The Morgan fingerprint density at radius 1 is 1.78 bits per heavy atom. The fraction of sp³-hybridized carbons (Fsp3) is 0.200. The molecular formula is C5H5BrN2O. The van der Waals surface area contributed by atoms with Crippen LogP contribution < -0.4 is 5.56 Å². The van der Waals surface area contributed by atoms with E-state index in [4.69, 9.17) is 0 Å². The molecule has 0 bridgehead atoms. The van der Waals surface area contributed by atoms with Crippen LogP contribution in [0.1, 0.15) is 0 Å². The smallest absolute Gasteiger partial charge is 0.283 e. The van der Waals surface area contributed by atoms with Crippen LogP contribution >= 0.6 is 15.9 Å².